The van der Waals surface area contributed by atoms with E-state index in [1.807, 2.05) is 0 Å². The Morgan fingerprint density at radius 3 is 1.83 bits per heavy atom. The molecule has 23 heavy (non-hydrogen) atoms. The van der Waals surface area contributed by atoms with Crippen LogP contribution in [0.5, 0.6) is 0 Å². The van der Waals surface area contributed by atoms with Crippen LogP contribution in [0.1, 0.15) is 95.1 Å². The summed E-state index contributed by atoms with van der Waals surface area (Å²) in [6.07, 6.45) is 16.0. The molecule has 0 unspecified atom stereocenters. The average Bonchev–Trinajstić information content (AvgIpc) is 2.63. The topological polar surface area (TPSA) is 0 Å². The van der Waals surface area contributed by atoms with Crippen molar-refractivity contribution in [3.8, 4) is 0 Å². The third kappa shape index (κ3) is 4.40. The van der Waals surface area contributed by atoms with E-state index in [-0.39, 0.29) is 0 Å². The maximum absolute atomic E-state index is 2.40. The summed E-state index contributed by atoms with van der Waals surface area (Å²) < 4.78 is 0. The molecule has 0 N–H and O–H groups in total. The minimum Gasteiger partial charge on any atom is -0.0654 e. The summed E-state index contributed by atoms with van der Waals surface area (Å²) in [5, 5.41) is 0. The standard InChI is InChI=1S/C23H36/c1-3-5-19-8-12-21(13-9-19)23-16-14-22(15-17-23)20-10-6-18(4-2)7-11-20/h6-7,10-11,19,21-23H,3-5,8-9,12-17H2,1-2H3/t19-,21-,22?,23?. The summed E-state index contributed by atoms with van der Waals surface area (Å²) in [4.78, 5) is 0. The summed E-state index contributed by atoms with van der Waals surface area (Å²) in [6.45, 7) is 4.59. The molecule has 0 heteroatoms. The Morgan fingerprint density at radius 1 is 0.739 bits per heavy atom. The molecular weight excluding hydrogens is 276 g/mol. The summed E-state index contributed by atoms with van der Waals surface area (Å²) in [5.41, 5.74) is 3.08. The molecule has 0 bridgehead atoms. The zero-order valence-corrected chi connectivity index (χ0v) is 15.4. The van der Waals surface area contributed by atoms with Gasteiger partial charge < -0.3 is 0 Å². The van der Waals surface area contributed by atoms with E-state index in [0.29, 0.717) is 0 Å². The molecule has 2 fully saturated rings. The van der Waals surface area contributed by atoms with Crippen LogP contribution in [0.2, 0.25) is 0 Å². The predicted molar refractivity (Wildman–Crippen MR) is 101 cm³/mol. The van der Waals surface area contributed by atoms with E-state index >= 15 is 0 Å². The van der Waals surface area contributed by atoms with Gasteiger partial charge in [0.2, 0.25) is 0 Å². The highest BCUT2D eigenvalue weighted by Gasteiger charge is 2.30. The number of hydrogen-bond donors (Lipinski definition) is 0. The fraction of sp³-hybridized carbons (Fsp3) is 0.739. The highest BCUT2D eigenvalue weighted by Crippen LogP contribution is 2.44. The van der Waals surface area contributed by atoms with Gasteiger partial charge in [-0.3, -0.25) is 0 Å². The normalized spacial score (nSPS) is 31.9. The van der Waals surface area contributed by atoms with Crippen molar-refractivity contribution in [2.24, 2.45) is 17.8 Å². The van der Waals surface area contributed by atoms with E-state index in [9.17, 15) is 0 Å². The van der Waals surface area contributed by atoms with Gasteiger partial charge in [-0.25, -0.2) is 0 Å². The molecule has 2 saturated carbocycles. The van der Waals surface area contributed by atoms with Gasteiger partial charge in [0.25, 0.3) is 0 Å². The number of hydrogen-bond acceptors (Lipinski definition) is 0. The van der Waals surface area contributed by atoms with Crippen molar-refractivity contribution in [3.05, 3.63) is 35.4 Å². The molecule has 0 saturated heterocycles. The lowest BCUT2D eigenvalue weighted by Gasteiger charge is -2.38. The molecule has 1 aromatic carbocycles. The van der Waals surface area contributed by atoms with Crippen LogP contribution in [0.25, 0.3) is 0 Å². The third-order valence-electron chi connectivity index (χ3n) is 6.89. The molecule has 0 radical (unpaired) electrons. The highest BCUT2D eigenvalue weighted by molar-refractivity contribution is 5.25. The van der Waals surface area contributed by atoms with E-state index < -0.39 is 0 Å². The van der Waals surface area contributed by atoms with Gasteiger partial charge in [-0.05, 0) is 79.7 Å². The fourth-order valence-electron chi connectivity index (χ4n) is 5.31. The van der Waals surface area contributed by atoms with Gasteiger partial charge in [-0.2, -0.15) is 0 Å². The van der Waals surface area contributed by atoms with E-state index in [0.717, 1.165) is 30.1 Å². The Kier molecular flexibility index (Phi) is 6.20. The molecule has 128 valence electrons. The lowest BCUT2D eigenvalue weighted by molar-refractivity contribution is 0.156. The maximum Gasteiger partial charge on any atom is -0.0162 e. The molecule has 0 nitrogen and oxygen atoms in total. The smallest absolute Gasteiger partial charge is 0.0162 e. The van der Waals surface area contributed by atoms with E-state index in [1.54, 1.807) is 5.56 Å². The fourth-order valence-corrected chi connectivity index (χ4v) is 5.31. The van der Waals surface area contributed by atoms with Crippen molar-refractivity contribution in [1.29, 1.82) is 0 Å². The highest BCUT2D eigenvalue weighted by atomic mass is 14.4. The molecule has 2 aliphatic rings. The van der Waals surface area contributed by atoms with Crippen molar-refractivity contribution < 1.29 is 0 Å². The molecule has 0 aliphatic heterocycles. The molecule has 0 spiro atoms. The summed E-state index contributed by atoms with van der Waals surface area (Å²) >= 11 is 0. The van der Waals surface area contributed by atoms with Gasteiger partial charge in [0.1, 0.15) is 0 Å². The van der Waals surface area contributed by atoms with Crippen LogP contribution >= 0.6 is 0 Å². The first kappa shape index (κ1) is 17.1. The Morgan fingerprint density at radius 2 is 1.30 bits per heavy atom. The van der Waals surface area contributed by atoms with Gasteiger partial charge in [-0.1, -0.05) is 63.8 Å². The zero-order valence-electron chi connectivity index (χ0n) is 15.4. The number of rotatable bonds is 5. The Labute approximate surface area is 144 Å². The van der Waals surface area contributed by atoms with Crippen molar-refractivity contribution in [2.75, 3.05) is 0 Å². The summed E-state index contributed by atoms with van der Waals surface area (Å²) in [7, 11) is 0. The van der Waals surface area contributed by atoms with E-state index in [1.165, 1.54) is 69.8 Å². The second kappa shape index (κ2) is 8.36. The van der Waals surface area contributed by atoms with Gasteiger partial charge >= 0.3 is 0 Å². The van der Waals surface area contributed by atoms with Crippen LogP contribution in [-0.2, 0) is 6.42 Å². The van der Waals surface area contributed by atoms with E-state index in [4.69, 9.17) is 0 Å². The van der Waals surface area contributed by atoms with Gasteiger partial charge in [0.15, 0.2) is 0 Å². The van der Waals surface area contributed by atoms with Gasteiger partial charge in [-0.15, -0.1) is 0 Å². The number of benzene rings is 1. The van der Waals surface area contributed by atoms with Gasteiger partial charge in [0.05, 0.1) is 0 Å². The predicted octanol–water partition coefficient (Wildman–Crippen LogP) is 7.13. The average molecular weight is 313 g/mol. The first-order chi connectivity index (χ1) is 11.3. The Balaban J connectivity index is 1.46. The zero-order chi connectivity index (χ0) is 16.1. The molecule has 0 amide bonds. The second-order valence-electron chi connectivity index (χ2n) is 8.28. The van der Waals surface area contributed by atoms with Crippen LogP contribution < -0.4 is 0 Å². The molecule has 1 aromatic rings. The summed E-state index contributed by atoms with van der Waals surface area (Å²) in [6, 6.07) is 9.49. The van der Waals surface area contributed by atoms with Crippen molar-refractivity contribution >= 4 is 0 Å². The van der Waals surface area contributed by atoms with Gasteiger partial charge in [0, 0.05) is 0 Å². The molecular formula is C23H36. The lowest BCUT2D eigenvalue weighted by atomic mass is 9.68. The second-order valence-corrected chi connectivity index (χ2v) is 8.28. The summed E-state index contributed by atoms with van der Waals surface area (Å²) in [5.74, 6) is 4.01. The first-order valence-corrected chi connectivity index (χ1v) is 10.4. The molecule has 2 aliphatic carbocycles. The monoisotopic (exact) mass is 312 g/mol. The SMILES string of the molecule is CCC[C@H]1CC[C@H](C2CCC(c3ccc(CC)cc3)CC2)CC1. The van der Waals surface area contributed by atoms with Crippen molar-refractivity contribution in [2.45, 2.75) is 90.4 Å². The Hall–Kier alpha value is -0.780. The minimum absolute atomic E-state index is 0.841. The quantitative estimate of drug-likeness (QED) is 0.542. The molecule has 0 heterocycles. The molecule has 3 rings (SSSR count). The van der Waals surface area contributed by atoms with Crippen LogP contribution in [0.15, 0.2) is 24.3 Å². The molecule has 0 atom stereocenters. The number of aryl methyl sites for hydroxylation is 1. The lowest BCUT2D eigenvalue weighted by Crippen LogP contribution is -2.25. The Bertz CT molecular complexity index is 441. The van der Waals surface area contributed by atoms with Crippen molar-refractivity contribution in [3.63, 3.8) is 0 Å². The largest absolute Gasteiger partial charge is 0.0654 e. The maximum atomic E-state index is 2.40. The minimum atomic E-state index is 0.841. The van der Waals surface area contributed by atoms with Crippen LogP contribution in [-0.4, -0.2) is 0 Å². The van der Waals surface area contributed by atoms with Crippen LogP contribution in [0.3, 0.4) is 0 Å². The third-order valence-corrected chi connectivity index (χ3v) is 6.89. The van der Waals surface area contributed by atoms with Crippen molar-refractivity contribution in [1.82, 2.24) is 0 Å². The first-order valence-electron chi connectivity index (χ1n) is 10.4. The van der Waals surface area contributed by atoms with Crippen LogP contribution in [0, 0.1) is 17.8 Å². The van der Waals surface area contributed by atoms with E-state index in [2.05, 4.69) is 38.1 Å². The molecule has 0 aromatic heterocycles. The van der Waals surface area contributed by atoms with Crippen LogP contribution in [0.4, 0.5) is 0 Å².